The van der Waals surface area contributed by atoms with Crippen LogP contribution in [0.3, 0.4) is 0 Å². The van der Waals surface area contributed by atoms with Gasteiger partial charge in [0.2, 0.25) is 27.7 Å². The van der Waals surface area contributed by atoms with Crippen LogP contribution in [0.1, 0.15) is 79.1 Å². The molecule has 60 heavy (non-hydrogen) atoms. The first-order chi connectivity index (χ1) is 28.6. The number of carbonyl (C=O) groups excluding carboxylic acids is 3. The van der Waals surface area contributed by atoms with E-state index < -0.39 is 68.7 Å². The summed E-state index contributed by atoms with van der Waals surface area (Å²) >= 11 is 0. The second kappa shape index (κ2) is 17.3. The first kappa shape index (κ1) is 42.7. The average Bonchev–Trinajstić information content (AvgIpc) is 4.14. The largest absolute Gasteiger partial charge is 0.497 e. The third kappa shape index (κ3) is 9.30. The first-order valence-electron chi connectivity index (χ1n) is 20.7. The lowest BCUT2D eigenvalue weighted by Crippen LogP contribution is -2.59. The summed E-state index contributed by atoms with van der Waals surface area (Å²) in [6, 6.07) is 8.46. The Morgan fingerprint density at radius 3 is 2.50 bits per heavy atom. The van der Waals surface area contributed by atoms with E-state index in [9.17, 15) is 32.7 Å². The van der Waals surface area contributed by atoms with Gasteiger partial charge in [0, 0.05) is 17.7 Å². The van der Waals surface area contributed by atoms with Crippen molar-refractivity contribution in [2.75, 3.05) is 13.7 Å². The molecule has 4 amide bonds. The van der Waals surface area contributed by atoms with Crippen LogP contribution in [0, 0.1) is 17.8 Å². The quantitative estimate of drug-likeness (QED) is 0.189. The zero-order chi connectivity index (χ0) is 42.9. The Balaban J connectivity index is 1.25. The third-order valence-corrected chi connectivity index (χ3v) is 13.7. The van der Waals surface area contributed by atoms with Crippen molar-refractivity contribution >= 4 is 44.6 Å². The van der Waals surface area contributed by atoms with Crippen LogP contribution in [0.15, 0.2) is 54.7 Å². The molecule has 4 aliphatic rings. The molecule has 0 radical (unpaired) electrons. The van der Waals surface area contributed by atoms with Crippen LogP contribution in [-0.4, -0.2) is 101 Å². The predicted molar refractivity (Wildman–Crippen MR) is 222 cm³/mol. The van der Waals surface area contributed by atoms with Crippen molar-refractivity contribution in [1.82, 2.24) is 30.2 Å². The first-order valence-corrected chi connectivity index (χ1v) is 22.3. The van der Waals surface area contributed by atoms with Crippen molar-refractivity contribution in [1.29, 1.82) is 0 Å². The molecule has 0 unspecified atom stereocenters. The van der Waals surface area contributed by atoms with E-state index in [2.05, 4.69) is 20.3 Å². The van der Waals surface area contributed by atoms with Crippen LogP contribution in [-0.2, 0) is 24.4 Å². The van der Waals surface area contributed by atoms with Crippen molar-refractivity contribution in [2.24, 2.45) is 17.8 Å². The summed E-state index contributed by atoms with van der Waals surface area (Å²) in [6.45, 7) is 7.68. The van der Waals surface area contributed by atoms with E-state index in [1.165, 1.54) is 4.90 Å². The van der Waals surface area contributed by atoms with Crippen LogP contribution in [0.2, 0.25) is 0 Å². The summed E-state index contributed by atoms with van der Waals surface area (Å²) in [4.78, 5) is 66.2. The van der Waals surface area contributed by atoms with E-state index in [0.29, 0.717) is 60.4 Å². The van der Waals surface area contributed by atoms with Gasteiger partial charge in [0.15, 0.2) is 0 Å². The molecule has 2 aliphatic carbocycles. The van der Waals surface area contributed by atoms with Crippen molar-refractivity contribution in [3.05, 3.63) is 54.7 Å². The van der Waals surface area contributed by atoms with Gasteiger partial charge in [0.05, 0.1) is 42.6 Å². The van der Waals surface area contributed by atoms with E-state index in [1.807, 2.05) is 52.0 Å². The molecule has 3 aromatic rings. The molecule has 0 spiro atoms. The number of nitrogens with one attached hydrogen (secondary N) is 3. The Hall–Kier alpha value is -5.45. The molecule has 1 aromatic carbocycles. The average molecular weight is 847 g/mol. The third-order valence-electron chi connectivity index (χ3n) is 11.9. The number of aromatic nitrogens is 2. The van der Waals surface area contributed by atoms with Crippen LogP contribution in [0.4, 0.5) is 4.79 Å². The monoisotopic (exact) mass is 846 g/mol. The van der Waals surface area contributed by atoms with Gasteiger partial charge < -0.3 is 34.9 Å². The minimum atomic E-state index is -3.94. The Kier molecular flexibility index (Phi) is 12.3. The maximum atomic E-state index is 14.8. The van der Waals surface area contributed by atoms with Gasteiger partial charge in [0.1, 0.15) is 35.2 Å². The Labute approximate surface area is 349 Å². The minimum absolute atomic E-state index is 0.0355. The smallest absolute Gasteiger partial charge is 0.405 e. The van der Waals surface area contributed by atoms with Crippen LogP contribution in [0.5, 0.6) is 17.4 Å². The number of hydrogen-bond donors (Lipinski definition) is 4. The molecular formula is C43H54N6O10S. The topological polar surface area (TPSA) is 215 Å². The summed E-state index contributed by atoms with van der Waals surface area (Å²) in [5.41, 5.74) is -0.541. The van der Waals surface area contributed by atoms with Gasteiger partial charge in [-0.25, -0.2) is 18.2 Å². The second-order valence-corrected chi connectivity index (χ2v) is 18.8. The highest BCUT2D eigenvalue weighted by Crippen LogP contribution is 2.46. The lowest BCUT2D eigenvalue weighted by atomic mass is 9.85. The van der Waals surface area contributed by atoms with E-state index in [0.717, 1.165) is 11.8 Å². The number of rotatable bonds is 11. The highest BCUT2D eigenvalue weighted by atomic mass is 32.2. The van der Waals surface area contributed by atoms with Crippen molar-refractivity contribution in [3.63, 3.8) is 0 Å². The number of pyridine rings is 2. The second-order valence-electron chi connectivity index (χ2n) is 16.8. The molecule has 4 N–H and O–H groups in total. The highest BCUT2D eigenvalue weighted by Gasteiger charge is 2.62. The summed E-state index contributed by atoms with van der Waals surface area (Å²) in [5, 5.41) is 16.0. The number of sulfonamides is 1. The maximum absolute atomic E-state index is 14.8. The van der Waals surface area contributed by atoms with Gasteiger partial charge in [-0.3, -0.25) is 24.1 Å². The number of nitrogens with zero attached hydrogens (tertiary/aromatic N) is 3. The number of allylic oxidation sites excluding steroid dienone is 1. The van der Waals surface area contributed by atoms with E-state index >= 15 is 0 Å². The Bertz CT molecular complexity index is 2270. The summed E-state index contributed by atoms with van der Waals surface area (Å²) < 4.78 is 46.0. The number of benzene rings is 1. The molecule has 1 saturated heterocycles. The fourth-order valence-corrected chi connectivity index (χ4v) is 9.80. The van der Waals surface area contributed by atoms with Gasteiger partial charge in [-0.15, -0.1) is 0 Å². The fraction of sp³-hybridized carbons (Fsp3) is 0.535. The molecule has 16 nitrogen and oxygen atoms in total. The molecule has 2 saturated carbocycles. The van der Waals surface area contributed by atoms with Gasteiger partial charge >= 0.3 is 6.09 Å². The molecule has 17 heteroatoms. The minimum Gasteiger partial charge on any atom is -0.497 e. The fourth-order valence-electron chi connectivity index (χ4n) is 8.43. The SMILES string of the molecule is CC[C@@H]1C[C@H](C)CCC=C[C@@H]2C[C@@]2(C(=O)NS(=O)(=O)C2CC2)NC(=O)[C@@H]2C[C@@H](Oc3nc(-c4ccc(OC(C)C)cn4)cc4cc(OC)ccc34)CN2C(=O)[C@H]1NC(=O)O. The van der Waals surface area contributed by atoms with Crippen LogP contribution < -0.4 is 29.6 Å². The number of carbonyl (C=O) groups is 4. The lowest BCUT2D eigenvalue weighted by Gasteiger charge is -2.33. The molecule has 4 heterocycles. The number of carboxylic acid groups (broad SMARTS) is 1. The van der Waals surface area contributed by atoms with Gasteiger partial charge in [-0.2, -0.15) is 0 Å². The maximum Gasteiger partial charge on any atom is 0.405 e. The highest BCUT2D eigenvalue weighted by molar-refractivity contribution is 7.91. The zero-order valence-corrected chi connectivity index (χ0v) is 35.4. The molecule has 322 valence electrons. The number of hydrogen-bond acceptors (Lipinski definition) is 11. The molecule has 2 aliphatic heterocycles. The van der Waals surface area contributed by atoms with E-state index in [4.69, 9.17) is 19.2 Å². The Morgan fingerprint density at radius 1 is 1.07 bits per heavy atom. The molecule has 0 bridgehead atoms. The number of ether oxygens (including phenoxy) is 3. The molecule has 7 rings (SSSR count). The Morgan fingerprint density at radius 2 is 1.83 bits per heavy atom. The molecule has 3 fully saturated rings. The number of amides is 4. The van der Waals surface area contributed by atoms with E-state index in [-0.39, 0.29) is 43.2 Å². The van der Waals surface area contributed by atoms with Gasteiger partial charge in [-0.05, 0) is 106 Å². The van der Waals surface area contributed by atoms with Crippen molar-refractivity contribution in [3.8, 4) is 28.8 Å². The summed E-state index contributed by atoms with van der Waals surface area (Å²) in [6.07, 6.45) is 6.62. The normalized spacial score (nSPS) is 27.2. The molecule has 2 aromatic heterocycles. The van der Waals surface area contributed by atoms with Gasteiger partial charge in [0.25, 0.3) is 5.91 Å². The molecule has 7 atom stereocenters. The lowest BCUT2D eigenvalue weighted by molar-refractivity contribution is -0.142. The van der Waals surface area contributed by atoms with E-state index in [1.54, 1.807) is 37.6 Å². The number of methoxy groups -OCH3 is 1. The van der Waals surface area contributed by atoms with Crippen molar-refractivity contribution in [2.45, 2.75) is 114 Å². The van der Waals surface area contributed by atoms with Gasteiger partial charge in [-0.1, -0.05) is 32.4 Å². The summed E-state index contributed by atoms with van der Waals surface area (Å²) in [5.74, 6) is -1.45. The number of fused-ring (bicyclic) bond motifs is 3. The standard InChI is InChI=1S/C43H54N6O10S/c1-6-26-17-25(4)9-7-8-10-28-21-43(28,41(52)48-60(55,56)32-13-14-32)47-38(50)36-20-31(23-49(36)40(51)37(26)46-42(53)54)59-39-33-15-11-29(57-5)18-27(33)19-35(45-39)34-16-12-30(22-44-34)58-24(2)3/h8,10-12,15-16,18-19,22,24-26,28,31-32,36-37,46H,6-7,9,13-14,17,20-21,23H2,1-5H3,(H,47,50)(H,48,52)(H,53,54)/t25-,26-,28-,31-,36+,37+,43-/m1/s1. The summed E-state index contributed by atoms with van der Waals surface area (Å²) in [7, 11) is -2.37. The predicted octanol–water partition coefficient (Wildman–Crippen LogP) is 4.96. The van der Waals surface area contributed by atoms with Crippen LogP contribution in [0.25, 0.3) is 22.2 Å². The van der Waals surface area contributed by atoms with Crippen molar-refractivity contribution < 1.29 is 46.9 Å². The zero-order valence-electron chi connectivity index (χ0n) is 34.6. The van der Waals surface area contributed by atoms with Crippen LogP contribution >= 0.6 is 0 Å². The molecular weight excluding hydrogens is 793 g/mol.